The van der Waals surface area contributed by atoms with Gasteiger partial charge in [0.1, 0.15) is 6.04 Å². The summed E-state index contributed by atoms with van der Waals surface area (Å²) in [5.41, 5.74) is 0.802. The maximum absolute atomic E-state index is 12.4. The van der Waals surface area contributed by atoms with Crippen LogP contribution in [0.15, 0.2) is 24.3 Å². The lowest BCUT2D eigenvalue weighted by molar-refractivity contribution is -0.384. The van der Waals surface area contributed by atoms with Crippen molar-refractivity contribution in [1.82, 2.24) is 10.2 Å². The number of thioether (sulfide) groups is 1. The van der Waals surface area contributed by atoms with E-state index in [1.807, 2.05) is 6.92 Å². The molecular weight excluding hydrogens is 318 g/mol. The highest BCUT2D eigenvalue weighted by molar-refractivity contribution is 8.01. The van der Waals surface area contributed by atoms with E-state index in [1.54, 1.807) is 28.8 Å². The molecule has 23 heavy (non-hydrogen) atoms. The molecular formula is C15H17N3O4S. The van der Waals surface area contributed by atoms with Gasteiger partial charge in [-0.25, -0.2) is 0 Å². The number of nitro benzene ring substituents is 1. The standard InChI is InChI=1S/C15H17N3O4S/c1-15-7-6-13(19)17(15)12(9-23-15)14(20)16-8-10-2-4-11(5-3-10)18(21)22/h2-5,12H,6-9H2,1H3,(H,16,20)/t12-,15+/m0/s1. The van der Waals surface area contributed by atoms with Gasteiger partial charge in [-0.2, -0.15) is 0 Å². The van der Waals surface area contributed by atoms with Crippen LogP contribution in [0.1, 0.15) is 25.3 Å². The second-order valence-electron chi connectivity index (χ2n) is 5.91. The molecule has 0 aliphatic carbocycles. The summed E-state index contributed by atoms with van der Waals surface area (Å²) in [4.78, 5) is 36.0. The molecule has 2 saturated heterocycles. The van der Waals surface area contributed by atoms with Crippen LogP contribution in [0.2, 0.25) is 0 Å². The van der Waals surface area contributed by atoms with E-state index in [0.29, 0.717) is 12.2 Å². The zero-order chi connectivity index (χ0) is 16.6. The van der Waals surface area contributed by atoms with E-state index >= 15 is 0 Å². The number of benzene rings is 1. The SMILES string of the molecule is C[C@@]12CCC(=O)N1[C@H](C(=O)NCc1ccc([N+](=O)[O-])cc1)CS2. The first-order valence-corrected chi connectivity index (χ1v) is 8.36. The van der Waals surface area contributed by atoms with Gasteiger partial charge >= 0.3 is 0 Å². The van der Waals surface area contributed by atoms with Crippen LogP contribution in [-0.2, 0) is 16.1 Å². The number of rotatable bonds is 4. The maximum atomic E-state index is 12.4. The summed E-state index contributed by atoms with van der Waals surface area (Å²) in [7, 11) is 0. The molecule has 0 unspecified atom stereocenters. The number of nitrogens with one attached hydrogen (secondary N) is 1. The summed E-state index contributed by atoms with van der Waals surface area (Å²) >= 11 is 1.65. The van der Waals surface area contributed by atoms with E-state index in [1.165, 1.54) is 12.1 Å². The normalized spacial score (nSPS) is 26.2. The predicted molar refractivity (Wildman–Crippen MR) is 85.7 cm³/mol. The van der Waals surface area contributed by atoms with Crippen molar-refractivity contribution in [3.05, 3.63) is 39.9 Å². The Morgan fingerprint density at radius 1 is 1.48 bits per heavy atom. The highest BCUT2D eigenvalue weighted by atomic mass is 32.2. The molecule has 2 amide bonds. The minimum atomic E-state index is -0.460. The third-order valence-electron chi connectivity index (χ3n) is 4.36. The van der Waals surface area contributed by atoms with Gasteiger partial charge in [-0.3, -0.25) is 19.7 Å². The fourth-order valence-corrected chi connectivity index (χ4v) is 4.49. The van der Waals surface area contributed by atoms with Crippen molar-refractivity contribution in [3.63, 3.8) is 0 Å². The molecule has 8 heteroatoms. The molecule has 0 saturated carbocycles. The summed E-state index contributed by atoms with van der Waals surface area (Å²) in [5, 5.41) is 13.4. The van der Waals surface area contributed by atoms with Crippen LogP contribution < -0.4 is 5.32 Å². The quantitative estimate of drug-likeness (QED) is 0.667. The summed E-state index contributed by atoms with van der Waals surface area (Å²) in [6.45, 7) is 2.29. The van der Waals surface area contributed by atoms with Gasteiger partial charge in [-0.05, 0) is 18.9 Å². The molecule has 2 fully saturated rings. The number of carbonyl (C=O) groups is 2. The van der Waals surface area contributed by atoms with E-state index < -0.39 is 11.0 Å². The highest BCUT2D eigenvalue weighted by Gasteiger charge is 2.52. The molecule has 2 heterocycles. The van der Waals surface area contributed by atoms with Gasteiger partial charge in [0, 0.05) is 30.9 Å². The Hall–Kier alpha value is -2.09. The molecule has 1 aromatic rings. The smallest absolute Gasteiger partial charge is 0.269 e. The van der Waals surface area contributed by atoms with Gasteiger partial charge < -0.3 is 10.2 Å². The van der Waals surface area contributed by atoms with E-state index in [0.717, 1.165) is 12.0 Å². The zero-order valence-corrected chi connectivity index (χ0v) is 13.5. The summed E-state index contributed by atoms with van der Waals surface area (Å²) in [6, 6.07) is 5.62. The summed E-state index contributed by atoms with van der Waals surface area (Å²) in [5.74, 6) is 0.469. The van der Waals surface area contributed by atoms with Crippen LogP contribution in [0, 0.1) is 10.1 Å². The van der Waals surface area contributed by atoms with Crippen molar-refractivity contribution in [1.29, 1.82) is 0 Å². The molecule has 0 spiro atoms. The number of carbonyl (C=O) groups excluding carboxylic acids is 2. The van der Waals surface area contributed by atoms with Crippen molar-refractivity contribution in [2.75, 3.05) is 5.75 Å². The molecule has 2 aliphatic heterocycles. The average molecular weight is 335 g/mol. The Bertz CT molecular complexity index is 663. The molecule has 3 rings (SSSR count). The number of amides is 2. The van der Waals surface area contributed by atoms with Gasteiger partial charge in [0.25, 0.3) is 5.69 Å². The zero-order valence-electron chi connectivity index (χ0n) is 12.7. The predicted octanol–water partition coefficient (Wildman–Crippen LogP) is 1.66. The van der Waals surface area contributed by atoms with Gasteiger partial charge in [0.2, 0.25) is 11.8 Å². The van der Waals surface area contributed by atoms with Crippen LogP contribution in [0.4, 0.5) is 5.69 Å². The van der Waals surface area contributed by atoms with Gasteiger partial charge in [0.05, 0.1) is 9.79 Å². The number of fused-ring (bicyclic) bond motifs is 1. The molecule has 2 aliphatic rings. The van der Waals surface area contributed by atoms with Crippen molar-refractivity contribution in [3.8, 4) is 0 Å². The van der Waals surface area contributed by atoms with Crippen molar-refractivity contribution in [2.24, 2.45) is 0 Å². The third kappa shape index (κ3) is 2.90. The molecule has 1 aromatic carbocycles. The van der Waals surface area contributed by atoms with Crippen molar-refractivity contribution < 1.29 is 14.5 Å². The molecule has 2 atom stereocenters. The van der Waals surface area contributed by atoms with Crippen molar-refractivity contribution in [2.45, 2.75) is 37.2 Å². The Kier molecular flexibility index (Phi) is 4.01. The second kappa shape index (κ2) is 5.84. The monoisotopic (exact) mass is 335 g/mol. The highest BCUT2D eigenvalue weighted by Crippen LogP contribution is 2.47. The Morgan fingerprint density at radius 2 is 2.17 bits per heavy atom. The Morgan fingerprint density at radius 3 is 2.83 bits per heavy atom. The largest absolute Gasteiger partial charge is 0.350 e. The first kappa shape index (κ1) is 15.8. The first-order chi connectivity index (χ1) is 10.9. The minimum Gasteiger partial charge on any atom is -0.350 e. The molecule has 0 radical (unpaired) electrons. The fraction of sp³-hybridized carbons (Fsp3) is 0.467. The van der Waals surface area contributed by atoms with Crippen LogP contribution in [0.25, 0.3) is 0 Å². The van der Waals surface area contributed by atoms with E-state index in [9.17, 15) is 19.7 Å². The van der Waals surface area contributed by atoms with Crippen LogP contribution in [0.3, 0.4) is 0 Å². The van der Waals surface area contributed by atoms with Gasteiger partial charge in [-0.15, -0.1) is 11.8 Å². The van der Waals surface area contributed by atoms with Crippen LogP contribution in [-0.4, -0.2) is 38.3 Å². The minimum absolute atomic E-state index is 0.0192. The lowest BCUT2D eigenvalue weighted by Gasteiger charge is -2.29. The molecule has 7 nitrogen and oxygen atoms in total. The first-order valence-electron chi connectivity index (χ1n) is 7.38. The molecule has 1 N–H and O–H groups in total. The van der Waals surface area contributed by atoms with Crippen LogP contribution >= 0.6 is 11.8 Å². The number of nitrogens with zero attached hydrogens (tertiary/aromatic N) is 2. The van der Waals surface area contributed by atoms with Gasteiger partial charge in [0.15, 0.2) is 0 Å². The Labute approximate surface area is 137 Å². The van der Waals surface area contributed by atoms with Crippen molar-refractivity contribution >= 4 is 29.3 Å². The lowest BCUT2D eigenvalue weighted by Crippen LogP contribution is -2.49. The number of hydrogen-bond acceptors (Lipinski definition) is 5. The second-order valence-corrected chi connectivity index (χ2v) is 7.41. The number of nitro groups is 1. The Balaban J connectivity index is 1.61. The summed E-state index contributed by atoms with van der Waals surface area (Å²) < 4.78 is 0. The van der Waals surface area contributed by atoms with Gasteiger partial charge in [-0.1, -0.05) is 12.1 Å². The van der Waals surface area contributed by atoms with E-state index in [2.05, 4.69) is 5.32 Å². The lowest BCUT2D eigenvalue weighted by atomic mass is 10.2. The number of non-ortho nitro benzene ring substituents is 1. The molecule has 0 bridgehead atoms. The van der Waals surface area contributed by atoms with E-state index in [-0.39, 0.29) is 28.9 Å². The summed E-state index contributed by atoms with van der Waals surface area (Å²) in [6.07, 6.45) is 1.28. The average Bonchev–Trinajstić information content (AvgIpc) is 3.02. The fourth-order valence-electron chi connectivity index (χ4n) is 3.06. The van der Waals surface area contributed by atoms with Crippen LogP contribution in [0.5, 0.6) is 0 Å². The molecule has 122 valence electrons. The maximum Gasteiger partial charge on any atom is 0.269 e. The molecule has 0 aromatic heterocycles. The third-order valence-corrected chi connectivity index (χ3v) is 5.87. The number of hydrogen-bond donors (Lipinski definition) is 1. The van der Waals surface area contributed by atoms with E-state index in [4.69, 9.17) is 0 Å². The topological polar surface area (TPSA) is 92.6 Å².